The van der Waals surface area contributed by atoms with Gasteiger partial charge < -0.3 is 25.6 Å². The van der Waals surface area contributed by atoms with Crippen molar-refractivity contribution in [2.75, 3.05) is 35.9 Å². The van der Waals surface area contributed by atoms with Crippen molar-refractivity contribution in [2.45, 2.75) is 58.9 Å². The molecule has 4 heterocycles. The number of hydrogen-bond donors (Lipinski definition) is 3. The second kappa shape index (κ2) is 17.8. The Kier molecular flexibility index (Phi) is 14.4. The Bertz CT molecular complexity index is 1280. The van der Waals surface area contributed by atoms with Crippen LogP contribution in [0.2, 0.25) is 0 Å². The van der Waals surface area contributed by atoms with Gasteiger partial charge in [-0.3, -0.25) is 0 Å². The number of hydrogen-bond acceptors (Lipinski definition) is 10. The van der Waals surface area contributed by atoms with E-state index in [1.807, 2.05) is 63.1 Å². The number of imidazole rings is 1. The quantitative estimate of drug-likeness (QED) is 0.253. The molecule has 0 spiro atoms. The number of thioether (sulfide) groups is 1. The van der Waals surface area contributed by atoms with Gasteiger partial charge in [0.05, 0.1) is 17.9 Å². The number of aryl methyl sites for hydroxylation is 1. The summed E-state index contributed by atoms with van der Waals surface area (Å²) in [7, 11) is 1.83. The molecule has 2 fully saturated rings. The number of nitrogen functional groups attached to an aromatic ring is 1. The molecular weight excluding hydrogens is 522 g/mol. The van der Waals surface area contributed by atoms with Crippen LogP contribution in [0.1, 0.15) is 62.4 Å². The smallest absolute Gasteiger partial charge is 0.160 e. The van der Waals surface area contributed by atoms with Crippen molar-refractivity contribution in [1.29, 1.82) is 0 Å². The Morgan fingerprint density at radius 2 is 1.75 bits per heavy atom. The van der Waals surface area contributed by atoms with Crippen molar-refractivity contribution in [1.82, 2.24) is 29.3 Å². The SMILES string of the molecule is CC.CNc1cc(NCc2cn3cc(C4CC4)cc(N)c3n2)ncn1.CSC.Cc1ccncn1.O=CC1CC1. The van der Waals surface area contributed by atoms with Crippen LogP contribution < -0.4 is 16.4 Å². The third kappa shape index (κ3) is 11.6. The van der Waals surface area contributed by atoms with Gasteiger partial charge in [0, 0.05) is 43.3 Å². The highest BCUT2D eigenvalue weighted by atomic mass is 32.2. The van der Waals surface area contributed by atoms with Crippen molar-refractivity contribution in [3.8, 4) is 0 Å². The van der Waals surface area contributed by atoms with Gasteiger partial charge in [0.2, 0.25) is 0 Å². The highest BCUT2D eigenvalue weighted by Gasteiger charge is 2.24. The highest BCUT2D eigenvalue weighted by Crippen LogP contribution is 2.40. The molecule has 0 unspecified atom stereocenters. The van der Waals surface area contributed by atoms with E-state index in [4.69, 9.17) is 5.73 Å². The van der Waals surface area contributed by atoms with E-state index in [1.165, 1.54) is 31.1 Å². The van der Waals surface area contributed by atoms with Crippen LogP contribution in [0.25, 0.3) is 5.65 Å². The maximum absolute atomic E-state index is 9.57. The van der Waals surface area contributed by atoms with Crippen LogP contribution in [0.4, 0.5) is 17.3 Å². The predicted molar refractivity (Wildman–Crippen MR) is 167 cm³/mol. The Morgan fingerprint density at radius 1 is 1.05 bits per heavy atom. The van der Waals surface area contributed by atoms with Crippen LogP contribution in [0.15, 0.2) is 49.4 Å². The first kappa shape index (κ1) is 32.5. The molecule has 40 heavy (non-hydrogen) atoms. The second-order valence-electron chi connectivity index (χ2n) is 9.09. The molecule has 11 heteroatoms. The lowest BCUT2D eigenvalue weighted by Crippen LogP contribution is -2.03. The first-order valence-corrected chi connectivity index (χ1v) is 15.2. The van der Waals surface area contributed by atoms with Gasteiger partial charge in [-0.2, -0.15) is 11.8 Å². The van der Waals surface area contributed by atoms with E-state index in [1.54, 1.807) is 18.0 Å². The molecular formula is C29H43N9OS. The van der Waals surface area contributed by atoms with Crippen LogP contribution >= 0.6 is 11.8 Å². The zero-order valence-electron chi connectivity index (χ0n) is 24.5. The van der Waals surface area contributed by atoms with Gasteiger partial charge in [-0.25, -0.2) is 24.9 Å². The summed E-state index contributed by atoms with van der Waals surface area (Å²) < 4.78 is 2.03. The molecule has 0 atom stereocenters. The van der Waals surface area contributed by atoms with Crippen molar-refractivity contribution >= 4 is 41.0 Å². The lowest BCUT2D eigenvalue weighted by molar-refractivity contribution is -0.108. The van der Waals surface area contributed by atoms with E-state index in [0.29, 0.717) is 18.4 Å². The van der Waals surface area contributed by atoms with Crippen LogP contribution in [-0.4, -0.2) is 55.2 Å². The molecule has 216 valence electrons. The van der Waals surface area contributed by atoms with Gasteiger partial charge in [0.1, 0.15) is 30.6 Å². The van der Waals surface area contributed by atoms with Gasteiger partial charge in [-0.15, -0.1) is 0 Å². The summed E-state index contributed by atoms with van der Waals surface area (Å²) >= 11 is 1.75. The fraction of sp³-hybridized carbons (Fsp3) is 0.448. The van der Waals surface area contributed by atoms with Crippen LogP contribution in [0.5, 0.6) is 0 Å². The maximum Gasteiger partial charge on any atom is 0.160 e. The summed E-state index contributed by atoms with van der Waals surface area (Å²) in [5.74, 6) is 2.66. The molecule has 4 aromatic heterocycles. The average Bonchev–Trinajstić information content (AvgIpc) is 3.92. The summed E-state index contributed by atoms with van der Waals surface area (Å²) in [6, 6.07) is 5.77. The summed E-state index contributed by atoms with van der Waals surface area (Å²) in [6.45, 7) is 6.52. The van der Waals surface area contributed by atoms with Crippen LogP contribution in [0.3, 0.4) is 0 Å². The number of nitrogens with two attached hydrogens (primary N) is 1. The van der Waals surface area contributed by atoms with Crippen LogP contribution in [-0.2, 0) is 11.3 Å². The third-order valence-electron chi connectivity index (χ3n) is 5.62. The van der Waals surface area contributed by atoms with Crippen molar-refractivity contribution in [2.24, 2.45) is 5.92 Å². The van der Waals surface area contributed by atoms with Gasteiger partial charge in [0.15, 0.2) is 5.65 Å². The van der Waals surface area contributed by atoms with Gasteiger partial charge >= 0.3 is 0 Å². The molecule has 2 saturated carbocycles. The number of pyridine rings is 1. The largest absolute Gasteiger partial charge is 0.396 e. The number of aromatic nitrogens is 6. The minimum atomic E-state index is 0.454. The molecule has 0 radical (unpaired) electrons. The average molecular weight is 566 g/mol. The molecule has 10 nitrogen and oxygen atoms in total. The Hall–Kier alpha value is -3.73. The fourth-order valence-corrected chi connectivity index (χ4v) is 3.28. The molecule has 0 aromatic carbocycles. The molecule has 4 N–H and O–H groups in total. The molecule has 4 aromatic rings. The molecule has 0 bridgehead atoms. The standard InChI is InChI=1S/C16H19N7.C5H6N2.C4H6O.C2H6S.C2H6/c1-18-14-5-15(21-9-20-14)19-6-12-8-23-7-11(10-2-3-10)4-13(17)16(23)22-12;1-5-2-3-6-4-7-5;5-3-4-1-2-4;1-3-2;1-2/h4-5,7-10H,2-3,6,17H2,1H3,(H2,18,19,20,21);2-4H,1H3;3-4H,1-2H2;1-2H3;1-2H3. The number of aldehydes is 1. The molecule has 0 amide bonds. The topological polar surface area (TPSA) is 136 Å². The lowest BCUT2D eigenvalue weighted by Gasteiger charge is -2.04. The predicted octanol–water partition coefficient (Wildman–Crippen LogP) is 5.62. The van der Waals surface area contributed by atoms with E-state index >= 15 is 0 Å². The van der Waals surface area contributed by atoms with Crippen LogP contribution in [0, 0.1) is 12.8 Å². The normalized spacial score (nSPS) is 13.1. The van der Waals surface area contributed by atoms with Gasteiger partial charge in [-0.1, -0.05) is 13.8 Å². The molecule has 0 aliphatic heterocycles. The number of nitrogens with zero attached hydrogens (tertiary/aromatic N) is 6. The molecule has 2 aliphatic rings. The Morgan fingerprint density at radius 3 is 2.25 bits per heavy atom. The van der Waals surface area contributed by atoms with Crippen molar-refractivity contribution < 1.29 is 4.79 Å². The van der Waals surface area contributed by atoms with E-state index in [-0.39, 0.29) is 0 Å². The molecule has 6 rings (SSSR count). The first-order valence-electron chi connectivity index (χ1n) is 13.6. The number of fused-ring (bicyclic) bond motifs is 1. The van der Waals surface area contributed by atoms with E-state index in [9.17, 15) is 4.79 Å². The highest BCUT2D eigenvalue weighted by molar-refractivity contribution is 7.97. The fourth-order valence-electron chi connectivity index (χ4n) is 3.28. The number of carbonyl (C=O) groups is 1. The summed E-state index contributed by atoms with van der Waals surface area (Å²) in [5.41, 5.74) is 10.9. The monoisotopic (exact) mass is 565 g/mol. The first-order chi connectivity index (χ1) is 19.5. The van der Waals surface area contributed by atoms with Gasteiger partial charge in [0.25, 0.3) is 0 Å². The number of carbonyl (C=O) groups excluding carboxylic acids is 1. The Balaban J connectivity index is 0.000000269. The molecule has 2 aliphatic carbocycles. The van der Waals surface area contributed by atoms with E-state index in [2.05, 4.69) is 47.8 Å². The maximum atomic E-state index is 9.57. The number of anilines is 3. The Labute approximate surface area is 242 Å². The molecule has 0 saturated heterocycles. The second-order valence-corrected chi connectivity index (χ2v) is 9.91. The summed E-state index contributed by atoms with van der Waals surface area (Å²) in [4.78, 5) is 30.1. The number of nitrogens with one attached hydrogen (secondary N) is 2. The number of rotatable bonds is 6. The van der Waals surface area contributed by atoms with Gasteiger partial charge in [-0.05, 0) is 68.7 Å². The van der Waals surface area contributed by atoms with Crippen molar-refractivity contribution in [3.05, 3.63) is 66.4 Å². The third-order valence-corrected chi connectivity index (χ3v) is 5.62. The van der Waals surface area contributed by atoms with E-state index in [0.717, 1.165) is 53.5 Å². The summed E-state index contributed by atoms with van der Waals surface area (Å²) in [5, 5.41) is 6.25. The van der Waals surface area contributed by atoms with Crippen molar-refractivity contribution in [3.63, 3.8) is 0 Å². The van der Waals surface area contributed by atoms with E-state index < -0.39 is 0 Å². The zero-order valence-corrected chi connectivity index (χ0v) is 25.3. The minimum Gasteiger partial charge on any atom is -0.396 e. The minimum absolute atomic E-state index is 0.454. The lowest BCUT2D eigenvalue weighted by atomic mass is 10.2. The zero-order chi connectivity index (χ0) is 29.3. The summed E-state index contributed by atoms with van der Waals surface area (Å²) in [6.07, 6.45) is 18.9.